The van der Waals surface area contributed by atoms with Crippen molar-refractivity contribution in [1.82, 2.24) is 19.9 Å². The van der Waals surface area contributed by atoms with Gasteiger partial charge in [-0.2, -0.15) is 0 Å². The van der Waals surface area contributed by atoms with Crippen LogP contribution in [0.1, 0.15) is 33.9 Å². The number of Topliss-reactive ketones (excluding diaryl/α,β-unsaturated/α-hetero) is 1. The van der Waals surface area contributed by atoms with Crippen LogP contribution in [0.2, 0.25) is 0 Å². The minimum absolute atomic E-state index is 0.158. The fourth-order valence-corrected chi connectivity index (χ4v) is 5.28. The topological polar surface area (TPSA) is 100 Å². The predicted octanol–water partition coefficient (Wildman–Crippen LogP) is 7.26. The van der Waals surface area contributed by atoms with E-state index in [2.05, 4.69) is 52.4 Å². The Bertz CT molecular complexity index is 2030. The lowest BCUT2D eigenvalue weighted by Crippen LogP contribution is -2.06. The molecule has 6 nitrogen and oxygen atoms in total. The number of hydrogen-bond acceptors (Lipinski definition) is 4. The summed E-state index contributed by atoms with van der Waals surface area (Å²) >= 11 is 0. The predicted molar refractivity (Wildman–Crippen MR) is 168 cm³/mol. The number of fused-ring (bicyclic) bond motifs is 8. The van der Waals surface area contributed by atoms with Gasteiger partial charge in [0.15, 0.2) is 0 Å². The number of ketones is 1. The zero-order valence-corrected chi connectivity index (χ0v) is 22.3. The number of nitrogen functional groups attached to an aromatic ring is 1. The van der Waals surface area contributed by atoms with E-state index in [1.165, 1.54) is 0 Å². The molecule has 5 aromatic rings. The van der Waals surface area contributed by atoms with Crippen LogP contribution >= 0.6 is 0 Å². The third kappa shape index (κ3) is 5.49. The first-order valence-electron chi connectivity index (χ1n) is 13.6. The van der Waals surface area contributed by atoms with Gasteiger partial charge in [0.25, 0.3) is 0 Å². The zero-order chi connectivity index (χ0) is 27.8. The van der Waals surface area contributed by atoms with Gasteiger partial charge in [0.2, 0.25) is 0 Å². The van der Waals surface area contributed by atoms with Crippen LogP contribution in [0.15, 0.2) is 91.0 Å². The van der Waals surface area contributed by atoms with Crippen molar-refractivity contribution in [3.05, 3.63) is 125 Å². The normalized spacial score (nSPS) is 12.1. The highest BCUT2D eigenvalue weighted by atomic mass is 16.1. The molecular weight excluding hydrogens is 506 g/mol. The summed E-state index contributed by atoms with van der Waals surface area (Å²) in [6.07, 6.45) is 8.78. The van der Waals surface area contributed by atoms with Crippen molar-refractivity contribution in [2.45, 2.75) is 12.8 Å². The fraction of sp³-hybridized carbons (Fsp3) is 0.0571. The summed E-state index contributed by atoms with van der Waals surface area (Å²) in [5.41, 5.74) is 18.0. The van der Waals surface area contributed by atoms with Gasteiger partial charge in [-0.15, -0.1) is 0 Å². The molecule has 7 rings (SSSR count). The third-order valence-corrected chi connectivity index (χ3v) is 7.19. The maximum atomic E-state index is 12.7. The third-order valence-electron chi connectivity index (χ3n) is 7.19. The number of nitrogens with one attached hydrogen (secondary N) is 2. The molecule has 0 fully saturated rings. The maximum Gasteiger partial charge on any atom is 0.141 e. The molecule has 2 aromatic carbocycles. The Morgan fingerprint density at radius 2 is 1.27 bits per heavy atom. The molecule has 198 valence electrons. The second kappa shape index (κ2) is 10.2. The van der Waals surface area contributed by atoms with Crippen molar-refractivity contribution >= 4 is 57.8 Å². The average Bonchev–Trinajstić information content (AvgIpc) is 3.75. The van der Waals surface area contributed by atoms with E-state index in [1.807, 2.05) is 72.8 Å². The molecule has 0 saturated carbocycles. The van der Waals surface area contributed by atoms with Crippen molar-refractivity contribution in [2.75, 3.05) is 5.73 Å². The standard InChI is InChI=1S/C35H27N5O/c36-25-3-1-2-23(14-25)16-33(41)15-22-4-6-24(7-5-22)34-20-32-19-30-11-10-28(38-30)17-26-8-9-27(37-26)18-29-12-13-31(39-29)21-35(34)40-32/h1-14,17-21,38,40H,15-16,36H2. The lowest BCUT2D eigenvalue weighted by molar-refractivity contribution is -0.117. The molecule has 0 amide bonds. The van der Waals surface area contributed by atoms with Gasteiger partial charge in [0.1, 0.15) is 5.78 Å². The minimum atomic E-state index is 0.158. The van der Waals surface area contributed by atoms with Crippen LogP contribution in [0, 0.1) is 0 Å². The Morgan fingerprint density at radius 3 is 2.00 bits per heavy atom. The van der Waals surface area contributed by atoms with E-state index < -0.39 is 0 Å². The number of rotatable bonds is 5. The number of benzene rings is 2. The summed E-state index contributed by atoms with van der Waals surface area (Å²) in [6, 6.07) is 30.2. The summed E-state index contributed by atoms with van der Waals surface area (Å²) in [5.74, 6) is 0.158. The van der Waals surface area contributed by atoms with Crippen molar-refractivity contribution in [3.63, 3.8) is 0 Å². The quantitative estimate of drug-likeness (QED) is 0.203. The van der Waals surface area contributed by atoms with E-state index in [4.69, 9.17) is 15.7 Å². The Labute approximate surface area is 237 Å². The first kappa shape index (κ1) is 24.5. The number of carbonyl (C=O) groups is 1. The Balaban J connectivity index is 1.26. The van der Waals surface area contributed by atoms with E-state index in [1.54, 1.807) is 0 Å². The summed E-state index contributed by atoms with van der Waals surface area (Å²) in [4.78, 5) is 29.2. The molecule has 0 saturated heterocycles. The molecule has 5 heterocycles. The SMILES string of the molecule is Nc1cccc(CC(=O)Cc2ccc(-c3cc4cc5ccc(cc6nc(cc7nc(cc3[nH]4)C=C7)C=C6)[nH]5)cc2)c1. The molecular formula is C35H27N5O. The number of hydrogen-bond donors (Lipinski definition) is 3. The molecule has 0 aliphatic carbocycles. The largest absolute Gasteiger partial charge is 0.399 e. The highest BCUT2D eigenvalue weighted by Gasteiger charge is 2.10. The van der Waals surface area contributed by atoms with E-state index in [0.29, 0.717) is 18.5 Å². The van der Waals surface area contributed by atoms with Crippen LogP contribution in [-0.4, -0.2) is 25.7 Å². The van der Waals surface area contributed by atoms with Crippen molar-refractivity contribution in [3.8, 4) is 11.1 Å². The van der Waals surface area contributed by atoms with Crippen molar-refractivity contribution in [2.24, 2.45) is 0 Å². The zero-order valence-electron chi connectivity index (χ0n) is 22.3. The van der Waals surface area contributed by atoms with Gasteiger partial charge in [0.05, 0.1) is 22.8 Å². The first-order valence-corrected chi connectivity index (χ1v) is 13.6. The minimum Gasteiger partial charge on any atom is -0.399 e. The molecule has 2 aliphatic rings. The van der Waals surface area contributed by atoms with Crippen molar-refractivity contribution < 1.29 is 4.79 Å². The lowest BCUT2D eigenvalue weighted by Gasteiger charge is -2.05. The van der Waals surface area contributed by atoms with Crippen LogP contribution in [0.3, 0.4) is 0 Å². The summed E-state index contributed by atoms with van der Waals surface area (Å²) in [5, 5.41) is 0. The number of nitrogens with two attached hydrogens (primary N) is 1. The van der Waals surface area contributed by atoms with E-state index in [0.717, 1.165) is 67.1 Å². The highest BCUT2D eigenvalue weighted by Crippen LogP contribution is 2.28. The van der Waals surface area contributed by atoms with Crippen LogP contribution in [0.5, 0.6) is 0 Å². The number of aromatic nitrogens is 4. The fourth-order valence-electron chi connectivity index (χ4n) is 5.28. The maximum absolute atomic E-state index is 12.7. The van der Waals surface area contributed by atoms with Gasteiger partial charge in [-0.25, -0.2) is 9.97 Å². The molecule has 0 unspecified atom stereocenters. The number of H-pyrrole nitrogens is 2. The lowest BCUT2D eigenvalue weighted by atomic mass is 9.99. The smallest absolute Gasteiger partial charge is 0.141 e. The van der Waals surface area contributed by atoms with Crippen LogP contribution in [0.25, 0.3) is 57.5 Å². The summed E-state index contributed by atoms with van der Waals surface area (Å²) in [6.45, 7) is 0. The van der Waals surface area contributed by atoms with Gasteiger partial charge in [-0.05, 0) is 95.6 Å². The Hall–Kier alpha value is -5.49. The van der Waals surface area contributed by atoms with Crippen LogP contribution < -0.4 is 5.73 Å². The van der Waals surface area contributed by atoms with Gasteiger partial charge < -0.3 is 15.7 Å². The van der Waals surface area contributed by atoms with Crippen molar-refractivity contribution in [1.29, 1.82) is 0 Å². The Morgan fingerprint density at radius 1 is 0.610 bits per heavy atom. The molecule has 0 radical (unpaired) electrons. The number of nitrogens with zero attached hydrogens (tertiary/aromatic N) is 2. The average molecular weight is 534 g/mol. The second-order valence-corrected chi connectivity index (χ2v) is 10.4. The molecule has 2 aliphatic heterocycles. The molecule has 8 bridgehead atoms. The summed E-state index contributed by atoms with van der Waals surface area (Å²) in [7, 11) is 0. The van der Waals surface area contributed by atoms with E-state index in [-0.39, 0.29) is 5.78 Å². The van der Waals surface area contributed by atoms with Gasteiger partial charge >= 0.3 is 0 Å². The van der Waals surface area contributed by atoms with E-state index in [9.17, 15) is 4.79 Å². The van der Waals surface area contributed by atoms with E-state index >= 15 is 0 Å². The van der Waals surface area contributed by atoms with Gasteiger partial charge in [0, 0.05) is 46.2 Å². The Kier molecular flexibility index (Phi) is 6.13. The van der Waals surface area contributed by atoms with Crippen LogP contribution in [0.4, 0.5) is 5.69 Å². The molecule has 3 aromatic heterocycles. The van der Waals surface area contributed by atoms with Gasteiger partial charge in [-0.1, -0.05) is 36.4 Å². The number of aromatic amines is 2. The molecule has 0 atom stereocenters. The monoisotopic (exact) mass is 533 g/mol. The number of anilines is 1. The van der Waals surface area contributed by atoms with Crippen LogP contribution in [-0.2, 0) is 17.6 Å². The second-order valence-electron chi connectivity index (χ2n) is 10.4. The molecule has 0 spiro atoms. The molecule has 41 heavy (non-hydrogen) atoms. The first-order chi connectivity index (χ1) is 20.0. The summed E-state index contributed by atoms with van der Waals surface area (Å²) < 4.78 is 0. The molecule has 4 N–H and O–H groups in total. The molecule has 6 heteroatoms. The van der Waals surface area contributed by atoms with Gasteiger partial charge in [-0.3, -0.25) is 4.79 Å². The number of carbonyl (C=O) groups excluding carboxylic acids is 1. The highest BCUT2D eigenvalue weighted by molar-refractivity contribution is 5.88.